The molecule has 2 aliphatic rings. The first kappa shape index (κ1) is 4.80. The summed E-state index contributed by atoms with van der Waals surface area (Å²) < 4.78 is 5.30. The molecule has 0 aromatic rings. The summed E-state index contributed by atoms with van der Waals surface area (Å²) >= 11 is 0. The second kappa shape index (κ2) is 1.47. The van der Waals surface area contributed by atoms with Crippen molar-refractivity contribution in [3.8, 4) is 0 Å². The fraction of sp³-hybridized carbons (Fsp3) is 1.00. The van der Waals surface area contributed by atoms with E-state index in [0.29, 0.717) is 5.41 Å². The minimum absolute atomic E-state index is 0.694. The molecule has 0 bridgehead atoms. The van der Waals surface area contributed by atoms with E-state index in [9.17, 15) is 0 Å². The average Bonchev–Trinajstić information content (AvgIpc) is 2.07. The van der Waals surface area contributed by atoms with Crippen LogP contribution in [0.1, 0.15) is 25.7 Å². The third-order valence-corrected chi connectivity index (χ3v) is 2.60. The van der Waals surface area contributed by atoms with Crippen molar-refractivity contribution in [2.45, 2.75) is 25.7 Å². The first-order valence-corrected chi connectivity index (χ1v) is 3.49. The molecule has 0 amide bonds. The molecule has 1 nitrogen and oxygen atoms in total. The molecule has 46 valence electrons. The van der Waals surface area contributed by atoms with Gasteiger partial charge in [-0.15, -0.1) is 0 Å². The summed E-state index contributed by atoms with van der Waals surface area (Å²) in [6.07, 6.45) is 5.66. The lowest BCUT2D eigenvalue weighted by Gasteiger charge is -2.36. The Balaban J connectivity index is 2.01. The predicted molar refractivity (Wildman–Crippen MR) is 31.7 cm³/mol. The van der Waals surface area contributed by atoms with Crippen molar-refractivity contribution in [3.05, 3.63) is 0 Å². The second-order valence-electron chi connectivity index (χ2n) is 3.16. The average molecular weight is 112 g/mol. The molecule has 1 heteroatoms. The van der Waals surface area contributed by atoms with Gasteiger partial charge in [-0.05, 0) is 24.7 Å². The van der Waals surface area contributed by atoms with Crippen LogP contribution in [0.3, 0.4) is 0 Å². The largest absolute Gasteiger partial charge is 0.381 e. The fourth-order valence-corrected chi connectivity index (χ4v) is 1.72. The van der Waals surface area contributed by atoms with Crippen LogP contribution in [0.15, 0.2) is 0 Å². The molecule has 8 heavy (non-hydrogen) atoms. The number of hydrogen-bond donors (Lipinski definition) is 0. The van der Waals surface area contributed by atoms with E-state index in [1.54, 1.807) is 0 Å². The molecule has 2 rings (SSSR count). The number of ether oxygens (including phenoxy) is 1. The van der Waals surface area contributed by atoms with Crippen LogP contribution >= 0.6 is 0 Å². The Morgan fingerprint density at radius 1 is 1.12 bits per heavy atom. The van der Waals surface area contributed by atoms with E-state index in [0.717, 1.165) is 13.2 Å². The van der Waals surface area contributed by atoms with Gasteiger partial charge in [0.2, 0.25) is 0 Å². The highest BCUT2D eigenvalue weighted by molar-refractivity contribution is 4.90. The van der Waals surface area contributed by atoms with Gasteiger partial charge in [0.15, 0.2) is 0 Å². The summed E-state index contributed by atoms with van der Waals surface area (Å²) in [5, 5.41) is 0. The van der Waals surface area contributed by atoms with Gasteiger partial charge in [-0.3, -0.25) is 0 Å². The van der Waals surface area contributed by atoms with E-state index < -0.39 is 0 Å². The molecule has 0 unspecified atom stereocenters. The SMILES string of the molecule is C1CC2(C1)CCOC2. The summed E-state index contributed by atoms with van der Waals surface area (Å²) in [7, 11) is 0. The van der Waals surface area contributed by atoms with Crippen LogP contribution in [0.2, 0.25) is 0 Å². The monoisotopic (exact) mass is 112 g/mol. The molecule has 1 aliphatic heterocycles. The highest BCUT2D eigenvalue weighted by atomic mass is 16.5. The minimum Gasteiger partial charge on any atom is -0.381 e. The molecule has 1 aliphatic carbocycles. The van der Waals surface area contributed by atoms with Crippen molar-refractivity contribution < 1.29 is 4.74 Å². The highest BCUT2D eigenvalue weighted by Crippen LogP contribution is 2.46. The Labute approximate surface area is 50.0 Å². The first-order valence-electron chi connectivity index (χ1n) is 3.49. The van der Waals surface area contributed by atoms with Crippen LogP contribution in [-0.4, -0.2) is 13.2 Å². The third kappa shape index (κ3) is 0.510. The molecule has 1 heterocycles. The maximum atomic E-state index is 5.30. The van der Waals surface area contributed by atoms with Crippen LogP contribution in [0.4, 0.5) is 0 Å². The van der Waals surface area contributed by atoms with E-state index in [1.807, 2.05) is 0 Å². The minimum atomic E-state index is 0.694. The van der Waals surface area contributed by atoms with Crippen molar-refractivity contribution in [2.75, 3.05) is 13.2 Å². The van der Waals surface area contributed by atoms with Crippen LogP contribution in [-0.2, 0) is 4.74 Å². The molecule has 2 fully saturated rings. The Kier molecular flexibility index (Phi) is 0.884. The lowest BCUT2D eigenvalue weighted by Crippen LogP contribution is -2.28. The number of hydrogen-bond acceptors (Lipinski definition) is 1. The van der Waals surface area contributed by atoms with Crippen molar-refractivity contribution in [3.63, 3.8) is 0 Å². The Hall–Kier alpha value is -0.0400. The summed E-state index contributed by atoms with van der Waals surface area (Å²) in [4.78, 5) is 0. The van der Waals surface area contributed by atoms with E-state index in [-0.39, 0.29) is 0 Å². The number of rotatable bonds is 0. The van der Waals surface area contributed by atoms with E-state index >= 15 is 0 Å². The zero-order valence-electron chi connectivity index (χ0n) is 5.15. The van der Waals surface area contributed by atoms with Crippen molar-refractivity contribution in [1.29, 1.82) is 0 Å². The Morgan fingerprint density at radius 2 is 2.00 bits per heavy atom. The van der Waals surface area contributed by atoms with E-state index in [1.165, 1.54) is 25.7 Å². The van der Waals surface area contributed by atoms with Gasteiger partial charge in [-0.2, -0.15) is 0 Å². The zero-order chi connectivity index (χ0) is 5.45. The van der Waals surface area contributed by atoms with Gasteiger partial charge >= 0.3 is 0 Å². The van der Waals surface area contributed by atoms with E-state index in [2.05, 4.69) is 0 Å². The maximum absolute atomic E-state index is 5.30. The van der Waals surface area contributed by atoms with Gasteiger partial charge in [-0.1, -0.05) is 6.42 Å². The molecular weight excluding hydrogens is 100 g/mol. The lowest BCUT2D eigenvalue weighted by molar-refractivity contribution is 0.0922. The van der Waals surface area contributed by atoms with Crippen LogP contribution in [0.25, 0.3) is 0 Å². The topological polar surface area (TPSA) is 9.23 Å². The van der Waals surface area contributed by atoms with Gasteiger partial charge in [-0.25, -0.2) is 0 Å². The first-order chi connectivity index (χ1) is 3.91. The van der Waals surface area contributed by atoms with Crippen molar-refractivity contribution >= 4 is 0 Å². The Bertz CT molecular complexity index is 86.6. The fourth-order valence-electron chi connectivity index (χ4n) is 1.72. The maximum Gasteiger partial charge on any atom is 0.0523 e. The molecule has 1 saturated carbocycles. The van der Waals surface area contributed by atoms with Gasteiger partial charge in [0, 0.05) is 6.61 Å². The smallest absolute Gasteiger partial charge is 0.0523 e. The summed E-state index contributed by atoms with van der Waals surface area (Å²) in [6.45, 7) is 2.09. The van der Waals surface area contributed by atoms with E-state index in [4.69, 9.17) is 4.74 Å². The van der Waals surface area contributed by atoms with Crippen LogP contribution < -0.4 is 0 Å². The van der Waals surface area contributed by atoms with Gasteiger partial charge in [0.05, 0.1) is 6.61 Å². The van der Waals surface area contributed by atoms with Crippen LogP contribution in [0.5, 0.6) is 0 Å². The highest BCUT2D eigenvalue weighted by Gasteiger charge is 2.39. The van der Waals surface area contributed by atoms with Gasteiger partial charge in [0.1, 0.15) is 0 Å². The molecular formula is C7H12O. The summed E-state index contributed by atoms with van der Waals surface area (Å²) in [5.41, 5.74) is 0.694. The molecule has 1 spiro atoms. The van der Waals surface area contributed by atoms with Crippen molar-refractivity contribution in [2.24, 2.45) is 5.41 Å². The van der Waals surface area contributed by atoms with Gasteiger partial charge < -0.3 is 4.74 Å². The summed E-state index contributed by atoms with van der Waals surface area (Å²) in [6, 6.07) is 0. The standard InChI is InChI=1S/C7H12O/c1-2-7(3-1)4-5-8-6-7/h1-6H2. The van der Waals surface area contributed by atoms with Crippen molar-refractivity contribution in [1.82, 2.24) is 0 Å². The Morgan fingerprint density at radius 3 is 2.25 bits per heavy atom. The third-order valence-electron chi connectivity index (χ3n) is 2.60. The second-order valence-corrected chi connectivity index (χ2v) is 3.16. The lowest BCUT2D eigenvalue weighted by atomic mass is 9.69. The molecule has 0 atom stereocenters. The molecule has 0 radical (unpaired) electrons. The zero-order valence-corrected chi connectivity index (χ0v) is 5.15. The summed E-state index contributed by atoms with van der Waals surface area (Å²) in [5.74, 6) is 0. The quantitative estimate of drug-likeness (QED) is 0.462. The predicted octanol–water partition coefficient (Wildman–Crippen LogP) is 1.58. The molecule has 1 saturated heterocycles. The molecule has 0 aromatic heterocycles. The normalized spacial score (nSPS) is 33.0. The molecule has 0 aromatic carbocycles. The molecule has 0 N–H and O–H groups in total. The van der Waals surface area contributed by atoms with Crippen LogP contribution in [0, 0.1) is 5.41 Å². The van der Waals surface area contributed by atoms with Gasteiger partial charge in [0.25, 0.3) is 0 Å².